The Hall–Kier alpha value is -2.53. The second-order valence-electron chi connectivity index (χ2n) is 8.23. The van der Waals surface area contributed by atoms with Crippen molar-refractivity contribution >= 4 is 10.9 Å². The van der Waals surface area contributed by atoms with Gasteiger partial charge in [-0.2, -0.15) is 0 Å². The average Bonchev–Trinajstić information content (AvgIpc) is 3.18. The van der Waals surface area contributed by atoms with Crippen LogP contribution in [0.3, 0.4) is 0 Å². The Morgan fingerprint density at radius 2 is 1.79 bits per heavy atom. The second-order valence-corrected chi connectivity index (χ2v) is 8.23. The van der Waals surface area contributed by atoms with Gasteiger partial charge in [0.05, 0.1) is 18.7 Å². The van der Waals surface area contributed by atoms with Gasteiger partial charge in [0.1, 0.15) is 36.0 Å². The van der Waals surface area contributed by atoms with E-state index >= 15 is 0 Å². The van der Waals surface area contributed by atoms with Crippen LogP contribution < -0.4 is 10.5 Å². The van der Waals surface area contributed by atoms with Gasteiger partial charge in [-0.25, -0.2) is 4.39 Å². The molecule has 1 aliphatic heterocycles. The Morgan fingerprint density at radius 1 is 1.03 bits per heavy atom. The van der Waals surface area contributed by atoms with Crippen LogP contribution in [0.25, 0.3) is 10.9 Å². The molecule has 33 heavy (non-hydrogen) atoms. The lowest BCUT2D eigenvalue weighted by Crippen LogP contribution is -2.56. The van der Waals surface area contributed by atoms with Crippen molar-refractivity contribution in [2.45, 2.75) is 43.5 Å². The van der Waals surface area contributed by atoms with E-state index in [-0.39, 0.29) is 0 Å². The molecule has 1 saturated heterocycles. The van der Waals surface area contributed by atoms with Crippen LogP contribution in [-0.4, -0.2) is 69.2 Å². The summed E-state index contributed by atoms with van der Waals surface area (Å²) < 4.78 is 27.7. The molecule has 1 fully saturated rings. The molecule has 0 bridgehead atoms. The van der Waals surface area contributed by atoms with E-state index in [0.717, 1.165) is 17.7 Å². The van der Waals surface area contributed by atoms with Gasteiger partial charge in [0.15, 0.2) is 6.23 Å². The van der Waals surface area contributed by atoms with E-state index in [1.165, 1.54) is 6.07 Å². The molecule has 4 rings (SSSR count). The van der Waals surface area contributed by atoms with Gasteiger partial charge in [-0.1, -0.05) is 18.2 Å². The number of aliphatic hydroxyl groups excluding tert-OH is 4. The summed E-state index contributed by atoms with van der Waals surface area (Å²) in [6.45, 7) is 0.553. The fourth-order valence-electron chi connectivity index (χ4n) is 4.20. The molecule has 1 aliphatic rings. The van der Waals surface area contributed by atoms with Crippen molar-refractivity contribution in [1.29, 1.82) is 0 Å². The Labute approximate surface area is 190 Å². The van der Waals surface area contributed by atoms with Gasteiger partial charge in [0.25, 0.3) is 0 Å². The maximum atomic E-state index is 14.9. The van der Waals surface area contributed by atoms with Crippen LogP contribution in [-0.2, 0) is 11.2 Å². The third kappa shape index (κ3) is 4.74. The first-order valence-electron chi connectivity index (χ1n) is 10.9. The predicted octanol–water partition coefficient (Wildman–Crippen LogP) is 1.07. The largest absolute Gasteiger partial charge is 0.494 e. The van der Waals surface area contributed by atoms with Crippen LogP contribution in [0.1, 0.15) is 23.8 Å². The van der Waals surface area contributed by atoms with E-state index in [9.17, 15) is 24.8 Å². The van der Waals surface area contributed by atoms with Crippen molar-refractivity contribution in [3.05, 3.63) is 65.6 Å². The summed E-state index contributed by atoms with van der Waals surface area (Å²) in [5, 5.41) is 40.8. The topological polar surface area (TPSA) is 130 Å². The summed E-state index contributed by atoms with van der Waals surface area (Å²) in [4.78, 5) is 0. The number of aromatic nitrogens is 1. The summed E-state index contributed by atoms with van der Waals surface area (Å²) in [7, 11) is 0. The Morgan fingerprint density at radius 3 is 2.48 bits per heavy atom. The van der Waals surface area contributed by atoms with E-state index < -0.39 is 43.1 Å². The normalized spacial score (nSPS) is 25.5. The highest BCUT2D eigenvalue weighted by molar-refractivity contribution is 5.85. The zero-order valence-corrected chi connectivity index (χ0v) is 18.0. The van der Waals surface area contributed by atoms with Crippen LogP contribution in [0, 0.1) is 5.82 Å². The first-order valence-corrected chi connectivity index (χ1v) is 10.9. The standard InChI is InChI=1S/C24H29FN2O6/c25-17-3-1-4-18-20(17)15(11-14-5-7-16(8-6-14)32-10-2-9-26)12-27(18)24-23(31)22(30)21(29)19(13-28)33-24/h1,3-8,12,19,21-24,28-31H,2,9-11,13,26H2/t19-,21-,22+,23-,24-/m1/s1. The second kappa shape index (κ2) is 10.2. The molecule has 6 N–H and O–H groups in total. The highest BCUT2D eigenvalue weighted by Crippen LogP contribution is 2.35. The molecule has 8 nitrogen and oxygen atoms in total. The van der Waals surface area contributed by atoms with Crippen molar-refractivity contribution < 1.29 is 34.3 Å². The van der Waals surface area contributed by atoms with E-state index in [1.54, 1.807) is 22.9 Å². The number of hydrogen-bond acceptors (Lipinski definition) is 7. The number of fused-ring (bicyclic) bond motifs is 1. The summed E-state index contributed by atoms with van der Waals surface area (Å²) >= 11 is 0. The van der Waals surface area contributed by atoms with Crippen LogP contribution in [0.4, 0.5) is 4.39 Å². The molecule has 1 aromatic heterocycles. The van der Waals surface area contributed by atoms with Gasteiger partial charge in [-0.15, -0.1) is 0 Å². The fourth-order valence-corrected chi connectivity index (χ4v) is 4.20. The molecule has 0 radical (unpaired) electrons. The smallest absolute Gasteiger partial charge is 0.163 e. The monoisotopic (exact) mass is 460 g/mol. The number of rotatable bonds is 8. The fraction of sp³-hybridized carbons (Fsp3) is 0.417. The third-order valence-electron chi connectivity index (χ3n) is 5.96. The Balaban J connectivity index is 1.65. The maximum absolute atomic E-state index is 14.9. The van der Waals surface area contributed by atoms with Gasteiger partial charge in [-0.05, 0) is 54.8 Å². The van der Waals surface area contributed by atoms with Crippen LogP contribution in [0.2, 0.25) is 0 Å². The van der Waals surface area contributed by atoms with Crippen molar-refractivity contribution in [3.8, 4) is 5.75 Å². The molecule has 0 spiro atoms. The van der Waals surface area contributed by atoms with E-state index in [2.05, 4.69) is 0 Å². The number of nitrogens with two attached hydrogens (primary N) is 1. The minimum absolute atomic E-state index is 0.373. The lowest BCUT2D eigenvalue weighted by atomic mass is 9.98. The van der Waals surface area contributed by atoms with Gasteiger partial charge < -0.3 is 40.2 Å². The number of benzene rings is 2. The summed E-state index contributed by atoms with van der Waals surface area (Å²) in [5.74, 6) is 0.301. The van der Waals surface area contributed by atoms with Crippen molar-refractivity contribution in [1.82, 2.24) is 4.57 Å². The highest BCUT2D eigenvalue weighted by atomic mass is 19.1. The average molecular weight is 461 g/mol. The van der Waals surface area contributed by atoms with Crippen molar-refractivity contribution in [2.75, 3.05) is 19.8 Å². The zero-order valence-electron chi connectivity index (χ0n) is 18.0. The number of halogens is 1. The molecule has 178 valence electrons. The maximum Gasteiger partial charge on any atom is 0.163 e. The highest BCUT2D eigenvalue weighted by Gasteiger charge is 2.44. The Kier molecular flexibility index (Phi) is 7.28. The first kappa shape index (κ1) is 23.6. The minimum Gasteiger partial charge on any atom is -0.494 e. The van der Waals surface area contributed by atoms with E-state index in [1.807, 2.05) is 24.3 Å². The van der Waals surface area contributed by atoms with Gasteiger partial charge in [0, 0.05) is 11.6 Å². The van der Waals surface area contributed by atoms with Crippen LogP contribution >= 0.6 is 0 Å². The summed E-state index contributed by atoms with van der Waals surface area (Å²) in [5.41, 5.74) is 7.54. The number of aliphatic hydroxyl groups is 4. The number of ether oxygens (including phenoxy) is 2. The molecular formula is C24H29FN2O6. The molecule has 0 unspecified atom stereocenters. The molecule has 0 aliphatic carbocycles. The molecule has 5 atom stereocenters. The quantitative estimate of drug-likeness (QED) is 0.318. The predicted molar refractivity (Wildman–Crippen MR) is 119 cm³/mol. The molecule has 2 aromatic carbocycles. The molecule has 2 heterocycles. The summed E-state index contributed by atoms with van der Waals surface area (Å²) in [6.07, 6.45) is -3.80. The van der Waals surface area contributed by atoms with Crippen molar-refractivity contribution in [3.63, 3.8) is 0 Å². The molecule has 9 heteroatoms. The number of nitrogens with zero attached hydrogens (tertiary/aromatic N) is 1. The first-order chi connectivity index (χ1) is 15.9. The summed E-state index contributed by atoms with van der Waals surface area (Å²) in [6, 6.07) is 12.1. The minimum atomic E-state index is -1.53. The SMILES string of the molecule is NCCCOc1ccc(Cc2cn([C@@H]3O[C@H](CO)[C@@H](O)[C@H](O)[C@H]3O)c3cccc(F)c23)cc1. The van der Waals surface area contributed by atoms with Gasteiger partial charge in [0.2, 0.25) is 0 Å². The molecule has 0 amide bonds. The zero-order chi connectivity index (χ0) is 23.5. The third-order valence-corrected chi connectivity index (χ3v) is 5.96. The number of hydrogen-bond donors (Lipinski definition) is 5. The van der Waals surface area contributed by atoms with Gasteiger partial charge >= 0.3 is 0 Å². The lowest BCUT2D eigenvalue weighted by Gasteiger charge is -2.40. The molecular weight excluding hydrogens is 431 g/mol. The van der Waals surface area contributed by atoms with Crippen LogP contribution in [0.15, 0.2) is 48.7 Å². The van der Waals surface area contributed by atoms with Crippen molar-refractivity contribution in [2.24, 2.45) is 5.73 Å². The van der Waals surface area contributed by atoms with Gasteiger partial charge in [-0.3, -0.25) is 0 Å². The molecule has 0 saturated carbocycles. The van der Waals surface area contributed by atoms with E-state index in [0.29, 0.717) is 36.0 Å². The van der Waals surface area contributed by atoms with Crippen LogP contribution in [0.5, 0.6) is 5.75 Å². The Bertz CT molecular complexity index is 1070. The lowest BCUT2D eigenvalue weighted by molar-refractivity contribution is -0.250. The molecule has 3 aromatic rings. The van der Waals surface area contributed by atoms with E-state index in [4.69, 9.17) is 15.2 Å².